The van der Waals surface area contributed by atoms with Gasteiger partial charge in [0, 0.05) is 28.7 Å². The van der Waals surface area contributed by atoms with Crippen LogP contribution in [0.1, 0.15) is 11.3 Å². The number of rotatable bonds is 6. The molecule has 10 heteroatoms. The number of carbonyl (C=O) groups is 1. The van der Waals surface area contributed by atoms with Gasteiger partial charge < -0.3 is 14.9 Å². The van der Waals surface area contributed by atoms with E-state index in [1.165, 1.54) is 0 Å². The fourth-order valence-electron chi connectivity index (χ4n) is 4.84. The summed E-state index contributed by atoms with van der Waals surface area (Å²) in [6.45, 7) is 1.96. The summed E-state index contributed by atoms with van der Waals surface area (Å²) >= 11 is 0. The lowest BCUT2D eigenvalue weighted by Gasteiger charge is -2.07. The maximum Gasteiger partial charge on any atom is 0.228 e. The van der Waals surface area contributed by atoms with Crippen LogP contribution in [-0.2, 0) is 11.2 Å². The van der Waals surface area contributed by atoms with Crippen LogP contribution in [0.5, 0.6) is 0 Å². The van der Waals surface area contributed by atoms with E-state index in [1.807, 2.05) is 66.3 Å². The number of hydrogen-bond donors (Lipinski definition) is 3. The molecule has 0 radical (unpaired) electrons. The Bertz CT molecular complexity index is 2000. The lowest BCUT2D eigenvalue weighted by Crippen LogP contribution is -2.14. The quantitative estimate of drug-likeness (QED) is 0.272. The van der Waals surface area contributed by atoms with Crippen molar-refractivity contribution in [3.63, 3.8) is 0 Å². The maximum atomic E-state index is 12.6. The molecule has 0 aliphatic heterocycles. The molecule has 1 amide bonds. The Morgan fingerprint density at radius 3 is 2.65 bits per heavy atom. The molecule has 0 bridgehead atoms. The third-order valence-electron chi connectivity index (χ3n) is 6.74. The van der Waals surface area contributed by atoms with Crippen LogP contribution in [0.25, 0.3) is 50.1 Å². The first-order valence-corrected chi connectivity index (χ1v) is 12.7. The number of anilines is 1. The molecule has 7 aromatic rings. The number of imidazole rings is 1. The molecule has 0 saturated carbocycles. The summed E-state index contributed by atoms with van der Waals surface area (Å²) in [5.74, 6) is -0.107. The SMILES string of the molecule is Cc1cn(-c2cncc3[nH]c(-c4n[nH]c5cnc(-c6cncc(NC(=O)Cc7ccccc7)c6)cc45)cc23)cn1. The van der Waals surface area contributed by atoms with Gasteiger partial charge in [-0.15, -0.1) is 0 Å². The Hall–Kier alpha value is -5.64. The van der Waals surface area contributed by atoms with E-state index in [9.17, 15) is 4.79 Å². The molecule has 0 unspecified atom stereocenters. The van der Waals surface area contributed by atoms with Crippen molar-refractivity contribution in [3.05, 3.63) is 103 Å². The first kappa shape index (κ1) is 23.5. The van der Waals surface area contributed by atoms with Gasteiger partial charge in [-0.1, -0.05) is 30.3 Å². The summed E-state index contributed by atoms with van der Waals surface area (Å²) in [6, 6.07) is 15.5. The minimum Gasteiger partial charge on any atom is -0.352 e. The highest BCUT2D eigenvalue weighted by Crippen LogP contribution is 2.32. The Morgan fingerprint density at radius 1 is 0.925 bits per heavy atom. The van der Waals surface area contributed by atoms with Crippen molar-refractivity contribution in [2.75, 3.05) is 5.32 Å². The molecule has 10 nitrogen and oxygen atoms in total. The van der Waals surface area contributed by atoms with E-state index in [2.05, 4.69) is 46.5 Å². The number of aromatic nitrogens is 8. The van der Waals surface area contributed by atoms with Gasteiger partial charge >= 0.3 is 0 Å². The first-order chi connectivity index (χ1) is 19.6. The van der Waals surface area contributed by atoms with Crippen molar-refractivity contribution >= 4 is 33.4 Å². The van der Waals surface area contributed by atoms with Crippen molar-refractivity contribution in [1.29, 1.82) is 0 Å². The van der Waals surface area contributed by atoms with Gasteiger partial charge in [-0.25, -0.2) is 4.98 Å². The lowest BCUT2D eigenvalue weighted by atomic mass is 10.1. The number of nitrogens with zero attached hydrogens (tertiary/aromatic N) is 6. The van der Waals surface area contributed by atoms with E-state index < -0.39 is 0 Å². The zero-order chi connectivity index (χ0) is 27.1. The topological polar surface area (TPSA) is 130 Å². The molecule has 3 N–H and O–H groups in total. The highest BCUT2D eigenvalue weighted by molar-refractivity contribution is 5.98. The Labute approximate surface area is 228 Å². The van der Waals surface area contributed by atoms with Crippen molar-refractivity contribution in [2.24, 2.45) is 0 Å². The number of carbonyl (C=O) groups excluding carboxylic acids is 1. The number of benzene rings is 1. The summed E-state index contributed by atoms with van der Waals surface area (Å²) in [4.78, 5) is 33.8. The van der Waals surface area contributed by atoms with Crippen LogP contribution in [0, 0.1) is 6.92 Å². The molecule has 0 aliphatic carbocycles. The number of aromatic amines is 2. The summed E-state index contributed by atoms with van der Waals surface area (Å²) in [5.41, 5.74) is 8.24. The molecule has 6 heterocycles. The minimum atomic E-state index is -0.107. The van der Waals surface area contributed by atoms with E-state index in [1.54, 1.807) is 31.1 Å². The molecule has 0 saturated heterocycles. The van der Waals surface area contributed by atoms with Gasteiger partial charge in [0.05, 0.1) is 77.0 Å². The molecule has 0 spiro atoms. The van der Waals surface area contributed by atoms with Crippen LogP contribution in [0.4, 0.5) is 5.69 Å². The largest absolute Gasteiger partial charge is 0.352 e. The maximum absolute atomic E-state index is 12.6. The molecule has 194 valence electrons. The fraction of sp³-hybridized carbons (Fsp3) is 0.0667. The fourth-order valence-corrected chi connectivity index (χ4v) is 4.84. The summed E-state index contributed by atoms with van der Waals surface area (Å²) in [6.07, 6.45) is 12.8. The number of fused-ring (bicyclic) bond motifs is 2. The van der Waals surface area contributed by atoms with Gasteiger partial charge in [-0.3, -0.25) is 24.8 Å². The molecule has 0 fully saturated rings. The van der Waals surface area contributed by atoms with Gasteiger partial charge in [0.25, 0.3) is 0 Å². The number of aryl methyl sites for hydroxylation is 1. The average molecular weight is 526 g/mol. The first-order valence-electron chi connectivity index (χ1n) is 12.7. The normalized spacial score (nSPS) is 11.3. The summed E-state index contributed by atoms with van der Waals surface area (Å²) in [7, 11) is 0. The predicted octanol–water partition coefficient (Wildman–Crippen LogP) is 5.24. The van der Waals surface area contributed by atoms with Crippen LogP contribution < -0.4 is 5.32 Å². The lowest BCUT2D eigenvalue weighted by molar-refractivity contribution is -0.115. The van der Waals surface area contributed by atoms with Crippen LogP contribution in [-0.4, -0.2) is 45.6 Å². The van der Waals surface area contributed by atoms with Crippen molar-refractivity contribution in [2.45, 2.75) is 13.3 Å². The number of H-pyrrole nitrogens is 2. The number of amides is 1. The molecule has 1 aromatic carbocycles. The van der Waals surface area contributed by atoms with Gasteiger partial charge in [0.15, 0.2) is 0 Å². The zero-order valence-corrected chi connectivity index (χ0v) is 21.5. The van der Waals surface area contributed by atoms with Crippen molar-refractivity contribution in [1.82, 2.24) is 39.7 Å². The Morgan fingerprint density at radius 2 is 1.80 bits per heavy atom. The van der Waals surface area contributed by atoms with E-state index in [-0.39, 0.29) is 12.3 Å². The molecule has 40 heavy (non-hydrogen) atoms. The second kappa shape index (κ2) is 9.59. The molecular weight excluding hydrogens is 502 g/mol. The van der Waals surface area contributed by atoms with Gasteiger partial charge in [0.2, 0.25) is 5.91 Å². The van der Waals surface area contributed by atoms with E-state index in [0.717, 1.165) is 55.7 Å². The molecule has 0 atom stereocenters. The Kier molecular flexibility index (Phi) is 5.63. The van der Waals surface area contributed by atoms with E-state index in [4.69, 9.17) is 0 Å². The van der Waals surface area contributed by atoms with Gasteiger partial charge in [-0.05, 0) is 30.7 Å². The third kappa shape index (κ3) is 4.37. The molecular formula is C30H23N9O. The van der Waals surface area contributed by atoms with Crippen LogP contribution >= 0.6 is 0 Å². The standard InChI is InChI=1S/C30H23N9O/c1-18-16-39(17-34-18)28-15-32-13-26-22(28)9-25(36-26)30-23-10-24(33-14-27(23)37-38-30)20-8-21(12-31-11-20)35-29(40)7-19-5-3-2-4-6-19/h2-6,8-17,36H,7H2,1H3,(H,35,40)(H,37,38). The smallest absolute Gasteiger partial charge is 0.228 e. The van der Waals surface area contributed by atoms with Crippen molar-refractivity contribution < 1.29 is 4.79 Å². The van der Waals surface area contributed by atoms with Crippen LogP contribution in [0.2, 0.25) is 0 Å². The Balaban J connectivity index is 1.21. The second-order valence-electron chi connectivity index (χ2n) is 9.59. The highest BCUT2D eigenvalue weighted by Gasteiger charge is 2.16. The predicted molar refractivity (Wildman–Crippen MR) is 153 cm³/mol. The molecule has 6 aromatic heterocycles. The summed E-state index contributed by atoms with van der Waals surface area (Å²) < 4.78 is 1.96. The molecule has 0 aliphatic rings. The highest BCUT2D eigenvalue weighted by atomic mass is 16.1. The van der Waals surface area contributed by atoms with Crippen molar-refractivity contribution in [3.8, 4) is 28.3 Å². The second-order valence-corrected chi connectivity index (χ2v) is 9.59. The molecule has 7 rings (SSSR count). The van der Waals surface area contributed by atoms with E-state index in [0.29, 0.717) is 11.4 Å². The zero-order valence-electron chi connectivity index (χ0n) is 21.5. The van der Waals surface area contributed by atoms with Gasteiger partial charge in [0.1, 0.15) is 5.69 Å². The van der Waals surface area contributed by atoms with Crippen LogP contribution in [0.3, 0.4) is 0 Å². The number of pyridine rings is 3. The monoisotopic (exact) mass is 525 g/mol. The number of nitrogens with one attached hydrogen (secondary N) is 3. The van der Waals surface area contributed by atoms with Gasteiger partial charge in [-0.2, -0.15) is 5.10 Å². The third-order valence-corrected chi connectivity index (χ3v) is 6.74. The average Bonchev–Trinajstić information content (AvgIpc) is 3.71. The van der Waals surface area contributed by atoms with Crippen LogP contribution in [0.15, 0.2) is 92.0 Å². The number of hydrogen-bond acceptors (Lipinski definition) is 6. The minimum absolute atomic E-state index is 0.107. The summed E-state index contributed by atoms with van der Waals surface area (Å²) in [5, 5.41) is 12.5. The van der Waals surface area contributed by atoms with E-state index >= 15 is 0 Å².